The molecule has 1 aromatic heterocycles. The lowest BCUT2D eigenvalue weighted by Crippen LogP contribution is -2.07. The Kier molecular flexibility index (Phi) is 4.73. The first-order valence-electron chi connectivity index (χ1n) is 6.35. The van der Waals surface area contributed by atoms with Gasteiger partial charge in [-0.1, -0.05) is 12.1 Å². The lowest BCUT2D eigenvalue weighted by molar-refractivity contribution is -0.139. The fraction of sp³-hybridized carbons (Fsp3) is 0.125. The largest absolute Gasteiger partial charge is 0.502 e. The Balaban J connectivity index is 2.20. The van der Waals surface area contributed by atoms with Gasteiger partial charge in [-0.15, -0.1) is 0 Å². The lowest BCUT2D eigenvalue weighted by Gasteiger charge is -2.01. The van der Waals surface area contributed by atoms with E-state index in [1.54, 1.807) is 18.2 Å². The number of aliphatic hydroxyl groups excluding tert-OH is 1. The highest BCUT2D eigenvalue weighted by Crippen LogP contribution is 2.17. The van der Waals surface area contributed by atoms with E-state index >= 15 is 0 Å². The predicted molar refractivity (Wildman–Crippen MR) is 75.0 cm³/mol. The van der Waals surface area contributed by atoms with Crippen LogP contribution in [-0.4, -0.2) is 24.0 Å². The maximum Gasteiger partial charge on any atom is 0.373 e. The molecule has 0 aliphatic heterocycles. The van der Waals surface area contributed by atoms with E-state index in [1.807, 2.05) is 0 Å². The second-order valence-corrected chi connectivity index (χ2v) is 4.46. The number of halogens is 1. The molecule has 1 heterocycles. The van der Waals surface area contributed by atoms with Crippen LogP contribution in [0.4, 0.5) is 4.39 Å². The normalized spacial score (nSPS) is 11.3. The number of ether oxygens (including phenoxy) is 1. The molecule has 0 saturated carbocycles. The van der Waals surface area contributed by atoms with Gasteiger partial charge in [0.2, 0.25) is 11.5 Å². The molecule has 0 saturated heterocycles. The van der Waals surface area contributed by atoms with Crippen LogP contribution in [0.2, 0.25) is 0 Å². The number of benzene rings is 1. The average molecular weight is 304 g/mol. The highest BCUT2D eigenvalue weighted by atomic mass is 19.1. The summed E-state index contributed by atoms with van der Waals surface area (Å²) in [5.74, 6) is -2.83. The molecule has 1 N–H and O–H groups in total. The van der Waals surface area contributed by atoms with Crippen LogP contribution in [0.25, 0.3) is 0 Å². The Labute approximate surface area is 125 Å². The van der Waals surface area contributed by atoms with Crippen LogP contribution in [0.5, 0.6) is 0 Å². The van der Waals surface area contributed by atoms with Crippen molar-refractivity contribution in [2.45, 2.75) is 6.42 Å². The molecule has 0 atom stereocenters. The smallest absolute Gasteiger partial charge is 0.373 e. The zero-order valence-corrected chi connectivity index (χ0v) is 11.7. The molecular formula is C16H13FO5. The molecule has 0 fully saturated rings. The number of aliphatic hydroxyl groups is 1. The fourth-order valence-electron chi connectivity index (χ4n) is 1.87. The van der Waals surface area contributed by atoms with E-state index in [9.17, 15) is 19.1 Å². The summed E-state index contributed by atoms with van der Waals surface area (Å²) in [6.07, 6.45) is 2.42. The third kappa shape index (κ3) is 3.60. The Morgan fingerprint density at radius 2 is 1.95 bits per heavy atom. The third-order valence-corrected chi connectivity index (χ3v) is 2.94. The van der Waals surface area contributed by atoms with Crippen LogP contribution in [0.15, 0.2) is 52.8 Å². The van der Waals surface area contributed by atoms with Gasteiger partial charge in [-0.25, -0.2) is 9.18 Å². The van der Waals surface area contributed by atoms with Crippen molar-refractivity contribution in [3.8, 4) is 0 Å². The molecule has 2 rings (SSSR count). The SMILES string of the molecule is COC(=O)C(O)=CC(=O)c1occc1Cc1ccc(F)cc1. The number of methoxy groups -OCH3 is 1. The van der Waals surface area contributed by atoms with E-state index < -0.39 is 17.5 Å². The average Bonchev–Trinajstić information content (AvgIpc) is 2.96. The Morgan fingerprint density at radius 1 is 1.27 bits per heavy atom. The second-order valence-electron chi connectivity index (χ2n) is 4.46. The van der Waals surface area contributed by atoms with Gasteiger partial charge in [0.1, 0.15) is 5.82 Å². The zero-order valence-electron chi connectivity index (χ0n) is 11.7. The van der Waals surface area contributed by atoms with E-state index in [0.717, 1.165) is 18.7 Å². The maximum absolute atomic E-state index is 12.9. The molecule has 0 aliphatic rings. The number of esters is 1. The molecule has 6 heteroatoms. The summed E-state index contributed by atoms with van der Waals surface area (Å²) in [7, 11) is 1.09. The summed E-state index contributed by atoms with van der Waals surface area (Å²) in [5.41, 5.74) is 1.35. The van der Waals surface area contributed by atoms with Gasteiger partial charge < -0.3 is 14.3 Å². The third-order valence-electron chi connectivity index (χ3n) is 2.94. The summed E-state index contributed by atoms with van der Waals surface area (Å²) in [6, 6.07) is 7.43. The monoisotopic (exact) mass is 304 g/mol. The topological polar surface area (TPSA) is 76.7 Å². The zero-order chi connectivity index (χ0) is 16.1. The molecule has 0 bridgehead atoms. The minimum atomic E-state index is -1.01. The van der Waals surface area contributed by atoms with Crippen LogP contribution in [-0.2, 0) is 16.0 Å². The molecule has 0 radical (unpaired) electrons. The van der Waals surface area contributed by atoms with E-state index in [-0.39, 0.29) is 11.6 Å². The molecule has 2 aromatic rings. The summed E-state index contributed by atoms with van der Waals surface area (Å²) < 4.78 is 22.3. The van der Waals surface area contributed by atoms with Crippen molar-refractivity contribution in [2.24, 2.45) is 0 Å². The van der Waals surface area contributed by atoms with Crippen molar-refractivity contribution in [3.05, 3.63) is 71.1 Å². The molecule has 5 nitrogen and oxygen atoms in total. The van der Waals surface area contributed by atoms with Gasteiger partial charge >= 0.3 is 5.97 Å². The van der Waals surface area contributed by atoms with Crippen molar-refractivity contribution in [1.29, 1.82) is 0 Å². The number of hydrogen-bond acceptors (Lipinski definition) is 5. The number of furan rings is 1. The van der Waals surface area contributed by atoms with Gasteiger partial charge in [0.25, 0.3) is 0 Å². The number of rotatable bonds is 5. The standard InChI is InChI=1S/C16H13FO5/c1-21-16(20)14(19)9-13(18)15-11(6-7-22-15)8-10-2-4-12(17)5-3-10/h2-7,9,19H,8H2,1H3. The molecule has 0 amide bonds. The van der Waals surface area contributed by atoms with Crippen molar-refractivity contribution in [1.82, 2.24) is 0 Å². The second kappa shape index (κ2) is 6.71. The van der Waals surface area contributed by atoms with Crippen molar-refractivity contribution < 1.29 is 28.2 Å². The van der Waals surface area contributed by atoms with Crippen LogP contribution >= 0.6 is 0 Å². The fourth-order valence-corrected chi connectivity index (χ4v) is 1.87. The van der Waals surface area contributed by atoms with Gasteiger partial charge in [-0.2, -0.15) is 0 Å². The van der Waals surface area contributed by atoms with Crippen molar-refractivity contribution >= 4 is 11.8 Å². The summed E-state index contributed by atoms with van der Waals surface area (Å²) in [6.45, 7) is 0. The minimum Gasteiger partial charge on any atom is -0.502 e. The Morgan fingerprint density at radius 3 is 2.59 bits per heavy atom. The first-order valence-corrected chi connectivity index (χ1v) is 6.35. The van der Waals surface area contributed by atoms with Gasteiger partial charge in [0.05, 0.1) is 13.4 Å². The number of carbonyl (C=O) groups excluding carboxylic acids is 2. The van der Waals surface area contributed by atoms with Crippen LogP contribution in [0, 0.1) is 5.82 Å². The highest BCUT2D eigenvalue weighted by Gasteiger charge is 2.17. The van der Waals surface area contributed by atoms with Crippen LogP contribution in [0.1, 0.15) is 21.7 Å². The van der Waals surface area contributed by atoms with E-state index in [1.165, 1.54) is 18.4 Å². The van der Waals surface area contributed by atoms with Gasteiger partial charge in [0.15, 0.2) is 5.76 Å². The van der Waals surface area contributed by atoms with E-state index in [2.05, 4.69) is 4.74 Å². The molecule has 114 valence electrons. The predicted octanol–water partition coefficient (Wildman–Crippen LogP) is 2.81. The Hall–Kier alpha value is -2.89. The van der Waals surface area contributed by atoms with Gasteiger partial charge in [0, 0.05) is 18.1 Å². The molecule has 0 aliphatic carbocycles. The number of carbonyl (C=O) groups is 2. The molecule has 22 heavy (non-hydrogen) atoms. The Bertz CT molecular complexity index is 712. The first kappa shape index (κ1) is 15.5. The number of allylic oxidation sites excluding steroid dienone is 1. The minimum absolute atomic E-state index is 0.000205. The van der Waals surface area contributed by atoms with Crippen molar-refractivity contribution in [2.75, 3.05) is 7.11 Å². The van der Waals surface area contributed by atoms with Crippen molar-refractivity contribution in [3.63, 3.8) is 0 Å². The van der Waals surface area contributed by atoms with Gasteiger partial charge in [-0.05, 0) is 23.8 Å². The molecule has 0 spiro atoms. The quantitative estimate of drug-likeness (QED) is 0.398. The molecule has 1 aromatic carbocycles. The summed E-state index contributed by atoms with van der Waals surface area (Å²) >= 11 is 0. The van der Waals surface area contributed by atoms with E-state index in [4.69, 9.17) is 4.42 Å². The molecule has 0 unspecified atom stereocenters. The summed E-state index contributed by atoms with van der Waals surface area (Å²) in [4.78, 5) is 23.1. The molecular weight excluding hydrogens is 291 g/mol. The van der Waals surface area contributed by atoms with Gasteiger partial charge in [-0.3, -0.25) is 4.79 Å². The number of hydrogen-bond donors (Lipinski definition) is 1. The van der Waals surface area contributed by atoms with E-state index in [0.29, 0.717) is 12.0 Å². The lowest BCUT2D eigenvalue weighted by atomic mass is 10.0. The maximum atomic E-state index is 12.9. The van der Waals surface area contributed by atoms with Crippen LogP contribution < -0.4 is 0 Å². The summed E-state index contributed by atoms with van der Waals surface area (Å²) in [5, 5.41) is 9.38. The number of ketones is 1. The van der Waals surface area contributed by atoms with Crippen LogP contribution in [0.3, 0.4) is 0 Å². The highest BCUT2D eigenvalue weighted by molar-refractivity contribution is 6.07. The first-order chi connectivity index (χ1) is 10.5.